The lowest BCUT2D eigenvalue weighted by molar-refractivity contribution is -0.385. The van der Waals surface area contributed by atoms with Crippen LogP contribution in [0.25, 0.3) is 0 Å². The quantitative estimate of drug-likeness (QED) is 0.560. The zero-order valence-electron chi connectivity index (χ0n) is 15.6. The Hall–Kier alpha value is -3.43. The van der Waals surface area contributed by atoms with E-state index in [9.17, 15) is 23.7 Å². The van der Waals surface area contributed by atoms with E-state index in [1.54, 1.807) is 4.90 Å². The van der Waals surface area contributed by atoms with Crippen molar-refractivity contribution in [1.82, 2.24) is 5.32 Å². The lowest BCUT2D eigenvalue weighted by Crippen LogP contribution is -2.39. The van der Waals surface area contributed by atoms with E-state index in [2.05, 4.69) is 5.32 Å². The summed E-state index contributed by atoms with van der Waals surface area (Å²) in [6.07, 6.45) is 0.605. The lowest BCUT2D eigenvalue weighted by atomic mass is 10.2. The second-order valence-corrected chi connectivity index (χ2v) is 6.47. The summed E-state index contributed by atoms with van der Waals surface area (Å²) in [4.78, 5) is 24.2. The Balaban J connectivity index is 1.52. The molecule has 154 valence electrons. The van der Waals surface area contributed by atoms with Crippen molar-refractivity contribution in [3.63, 3.8) is 0 Å². The number of nitro groups is 1. The maximum absolute atomic E-state index is 13.9. The van der Waals surface area contributed by atoms with E-state index in [4.69, 9.17) is 9.47 Å². The van der Waals surface area contributed by atoms with E-state index in [0.29, 0.717) is 19.5 Å². The van der Waals surface area contributed by atoms with E-state index in [1.807, 2.05) is 0 Å². The molecule has 1 amide bonds. The molecule has 0 aromatic heterocycles. The van der Waals surface area contributed by atoms with E-state index in [0.717, 1.165) is 6.07 Å². The molecule has 0 bridgehead atoms. The molecule has 1 unspecified atom stereocenters. The first-order valence-corrected chi connectivity index (χ1v) is 8.82. The minimum Gasteiger partial charge on any atom is -0.490 e. The summed E-state index contributed by atoms with van der Waals surface area (Å²) in [5.74, 6) is -1.39. The molecule has 10 heteroatoms. The van der Waals surface area contributed by atoms with E-state index in [1.165, 1.54) is 37.4 Å². The van der Waals surface area contributed by atoms with Gasteiger partial charge >= 0.3 is 5.69 Å². The summed E-state index contributed by atoms with van der Waals surface area (Å²) in [6.45, 7) is 0.621. The zero-order valence-corrected chi connectivity index (χ0v) is 15.6. The molecule has 1 aliphatic heterocycles. The predicted molar refractivity (Wildman–Crippen MR) is 100 cm³/mol. The largest absolute Gasteiger partial charge is 0.490 e. The first-order chi connectivity index (χ1) is 13.9. The minimum absolute atomic E-state index is 0.0284. The van der Waals surface area contributed by atoms with Gasteiger partial charge in [-0.2, -0.15) is 0 Å². The van der Waals surface area contributed by atoms with Gasteiger partial charge in [-0.05, 0) is 24.6 Å². The van der Waals surface area contributed by atoms with Crippen molar-refractivity contribution in [2.24, 2.45) is 0 Å². The average molecular weight is 407 g/mol. The van der Waals surface area contributed by atoms with Crippen molar-refractivity contribution in [3.8, 4) is 11.5 Å². The SMILES string of the molecule is COc1cc(OCC(=O)NC2CCN(c3ccc(F)cc3F)C2)ccc1[N+](=O)[O-]. The molecule has 8 nitrogen and oxygen atoms in total. The van der Waals surface area contributed by atoms with Gasteiger partial charge in [0.15, 0.2) is 6.61 Å². The Labute approximate surface area is 165 Å². The fourth-order valence-corrected chi connectivity index (χ4v) is 3.15. The van der Waals surface area contributed by atoms with Gasteiger partial charge in [-0.25, -0.2) is 8.78 Å². The number of halogens is 2. The normalized spacial score (nSPS) is 15.8. The van der Waals surface area contributed by atoms with Crippen molar-refractivity contribution in [1.29, 1.82) is 0 Å². The summed E-state index contributed by atoms with van der Waals surface area (Å²) in [6, 6.07) is 7.13. The van der Waals surface area contributed by atoms with Crippen molar-refractivity contribution < 1.29 is 28.0 Å². The van der Waals surface area contributed by atoms with Crippen molar-refractivity contribution in [3.05, 3.63) is 58.1 Å². The number of benzene rings is 2. The number of nitrogens with zero attached hydrogens (tertiary/aromatic N) is 2. The number of anilines is 1. The third-order valence-corrected chi connectivity index (χ3v) is 4.52. The van der Waals surface area contributed by atoms with Crippen LogP contribution in [0.4, 0.5) is 20.2 Å². The van der Waals surface area contributed by atoms with Crippen LogP contribution >= 0.6 is 0 Å². The molecule has 1 heterocycles. The Kier molecular flexibility index (Phi) is 6.10. The van der Waals surface area contributed by atoms with Crippen molar-refractivity contribution in [2.75, 3.05) is 31.7 Å². The topological polar surface area (TPSA) is 93.9 Å². The number of ether oxygens (including phenoxy) is 2. The average Bonchev–Trinajstić information content (AvgIpc) is 3.14. The molecule has 0 aliphatic carbocycles. The molecule has 1 atom stereocenters. The van der Waals surface area contributed by atoms with Crippen LogP contribution in [0.1, 0.15) is 6.42 Å². The number of nitro benzene ring substituents is 1. The Morgan fingerprint density at radius 2 is 2.10 bits per heavy atom. The summed E-state index contributed by atoms with van der Waals surface area (Å²) < 4.78 is 37.3. The van der Waals surface area contributed by atoms with Gasteiger partial charge in [0.2, 0.25) is 5.75 Å². The zero-order chi connectivity index (χ0) is 21.0. The van der Waals surface area contributed by atoms with Crippen LogP contribution < -0.4 is 19.7 Å². The summed E-state index contributed by atoms with van der Waals surface area (Å²) in [5, 5.41) is 13.7. The fraction of sp³-hybridized carbons (Fsp3) is 0.316. The molecular formula is C19H19F2N3O5. The first-order valence-electron chi connectivity index (χ1n) is 8.82. The van der Waals surface area contributed by atoms with Crippen LogP contribution in [-0.2, 0) is 4.79 Å². The number of hydrogen-bond donors (Lipinski definition) is 1. The van der Waals surface area contributed by atoms with Crippen molar-refractivity contribution >= 4 is 17.3 Å². The predicted octanol–water partition coefficient (Wildman–Crippen LogP) is 2.66. The van der Waals surface area contributed by atoms with Gasteiger partial charge in [0.1, 0.15) is 17.4 Å². The Morgan fingerprint density at radius 1 is 1.31 bits per heavy atom. The molecule has 2 aromatic rings. The summed E-state index contributed by atoms with van der Waals surface area (Å²) in [7, 11) is 1.30. The number of amides is 1. The molecule has 1 aliphatic rings. The molecule has 29 heavy (non-hydrogen) atoms. The Bertz CT molecular complexity index is 925. The highest BCUT2D eigenvalue weighted by Crippen LogP contribution is 2.30. The van der Waals surface area contributed by atoms with Gasteiger partial charge in [0.05, 0.1) is 17.7 Å². The van der Waals surface area contributed by atoms with E-state index in [-0.39, 0.29) is 41.4 Å². The van der Waals surface area contributed by atoms with Crippen molar-refractivity contribution in [2.45, 2.75) is 12.5 Å². The van der Waals surface area contributed by atoms with Crippen LogP contribution in [0.3, 0.4) is 0 Å². The van der Waals surface area contributed by atoms with Gasteiger partial charge in [0, 0.05) is 37.3 Å². The fourth-order valence-electron chi connectivity index (χ4n) is 3.15. The van der Waals surface area contributed by atoms with E-state index < -0.39 is 16.6 Å². The van der Waals surface area contributed by atoms with Gasteiger partial charge in [0.25, 0.3) is 5.91 Å². The van der Waals surface area contributed by atoms with Crippen LogP contribution in [0.5, 0.6) is 11.5 Å². The van der Waals surface area contributed by atoms with E-state index >= 15 is 0 Å². The van der Waals surface area contributed by atoms with Crippen LogP contribution in [0, 0.1) is 21.7 Å². The first kappa shape index (κ1) is 20.3. The second kappa shape index (κ2) is 8.72. The molecule has 0 saturated carbocycles. The molecular weight excluding hydrogens is 388 g/mol. The molecule has 1 N–H and O–H groups in total. The van der Waals surface area contributed by atoms with Crippen LogP contribution in [0.2, 0.25) is 0 Å². The number of carbonyl (C=O) groups excluding carboxylic acids is 1. The standard InChI is InChI=1S/C19H19F2N3O5/c1-28-18-9-14(3-5-17(18)24(26)27)29-11-19(25)22-13-6-7-23(10-13)16-4-2-12(20)8-15(16)21/h2-5,8-9,13H,6-7,10-11H2,1H3,(H,22,25). The molecule has 0 spiro atoms. The maximum atomic E-state index is 13.9. The monoisotopic (exact) mass is 407 g/mol. The molecule has 1 fully saturated rings. The Morgan fingerprint density at radius 3 is 2.79 bits per heavy atom. The number of nitrogens with one attached hydrogen (secondary N) is 1. The highest BCUT2D eigenvalue weighted by atomic mass is 19.1. The number of carbonyl (C=O) groups is 1. The van der Waals surface area contributed by atoms with Gasteiger partial charge in [-0.1, -0.05) is 0 Å². The third-order valence-electron chi connectivity index (χ3n) is 4.52. The van der Waals surface area contributed by atoms with Crippen LogP contribution in [0.15, 0.2) is 36.4 Å². The third kappa shape index (κ3) is 4.89. The highest BCUT2D eigenvalue weighted by molar-refractivity contribution is 5.78. The molecule has 0 radical (unpaired) electrons. The molecule has 1 saturated heterocycles. The maximum Gasteiger partial charge on any atom is 0.311 e. The lowest BCUT2D eigenvalue weighted by Gasteiger charge is -2.19. The molecule has 2 aromatic carbocycles. The van der Waals surface area contributed by atoms with Gasteiger partial charge in [-0.3, -0.25) is 14.9 Å². The summed E-state index contributed by atoms with van der Waals surface area (Å²) in [5.41, 5.74) is 0.0840. The minimum atomic E-state index is -0.646. The smallest absolute Gasteiger partial charge is 0.311 e. The molecule has 3 rings (SSSR count). The number of methoxy groups -OCH3 is 1. The van der Waals surface area contributed by atoms with Gasteiger partial charge < -0.3 is 19.7 Å². The second-order valence-electron chi connectivity index (χ2n) is 6.47. The summed E-state index contributed by atoms with van der Waals surface area (Å²) >= 11 is 0. The highest BCUT2D eigenvalue weighted by Gasteiger charge is 2.26. The number of rotatable bonds is 7. The van der Waals surface area contributed by atoms with Gasteiger partial charge in [-0.15, -0.1) is 0 Å². The van der Waals surface area contributed by atoms with Crippen LogP contribution in [-0.4, -0.2) is 43.7 Å². The number of hydrogen-bond acceptors (Lipinski definition) is 6.